The van der Waals surface area contributed by atoms with Crippen LogP contribution in [-0.2, 0) is 17.5 Å². The summed E-state index contributed by atoms with van der Waals surface area (Å²) in [5.74, 6) is 1.01. The molecule has 164 valence electrons. The van der Waals surface area contributed by atoms with Gasteiger partial charge in [0.2, 0.25) is 5.91 Å². The van der Waals surface area contributed by atoms with Gasteiger partial charge < -0.3 is 9.80 Å². The van der Waals surface area contributed by atoms with Crippen molar-refractivity contribution < 1.29 is 18.0 Å². The molecule has 31 heavy (non-hydrogen) atoms. The molecule has 1 saturated heterocycles. The van der Waals surface area contributed by atoms with Gasteiger partial charge in [-0.05, 0) is 42.2 Å². The Kier molecular flexibility index (Phi) is 6.10. The molecule has 1 fully saturated rings. The number of hydrogen-bond acceptors (Lipinski definition) is 6. The minimum absolute atomic E-state index is 0.0705. The molecule has 1 N–H and O–H groups in total. The predicted molar refractivity (Wildman–Crippen MR) is 113 cm³/mol. The summed E-state index contributed by atoms with van der Waals surface area (Å²) in [6.45, 7) is 2.16. The second-order valence-electron chi connectivity index (χ2n) is 7.04. The largest absolute Gasteiger partial charge is 0.417 e. The number of aromatic amines is 1. The van der Waals surface area contributed by atoms with Gasteiger partial charge >= 0.3 is 6.18 Å². The molecule has 3 aromatic rings. The molecule has 0 aromatic carbocycles. The number of aromatic nitrogens is 4. The van der Waals surface area contributed by atoms with Gasteiger partial charge in [0, 0.05) is 32.4 Å². The van der Waals surface area contributed by atoms with Gasteiger partial charge in [-0.3, -0.25) is 14.5 Å². The molecule has 0 atom stereocenters. The molecule has 0 saturated carbocycles. The Hall–Kier alpha value is -2.73. The third kappa shape index (κ3) is 4.79. The summed E-state index contributed by atoms with van der Waals surface area (Å²) in [5, 5.41) is 8.91. The molecule has 7 nitrogen and oxygen atoms in total. The Labute approximate surface area is 185 Å². The summed E-state index contributed by atoms with van der Waals surface area (Å²) in [5.41, 5.74) is -0.777. The zero-order valence-electron chi connectivity index (χ0n) is 16.3. The second-order valence-corrected chi connectivity index (χ2v) is 8.37. The van der Waals surface area contributed by atoms with Crippen LogP contribution >= 0.6 is 23.6 Å². The fourth-order valence-corrected chi connectivity index (χ4v) is 4.35. The maximum atomic E-state index is 13.0. The van der Waals surface area contributed by atoms with E-state index in [1.54, 1.807) is 9.47 Å². The van der Waals surface area contributed by atoms with Crippen molar-refractivity contribution in [2.45, 2.75) is 19.1 Å². The standard InChI is InChI=1S/C19H19F3N6OS2/c20-19(21,22)13-4-5-15(23-11-13)26-6-2-7-27(9-8-26)16(29)12-28-17(24-25-18(28)30)14-3-1-10-31-14/h1,3-5,10-11H,2,6-9,12H2,(H,25,30). The van der Waals surface area contributed by atoms with Crippen molar-refractivity contribution in [1.29, 1.82) is 0 Å². The third-order valence-electron chi connectivity index (χ3n) is 5.04. The summed E-state index contributed by atoms with van der Waals surface area (Å²) in [6, 6.07) is 6.22. The zero-order chi connectivity index (χ0) is 22.0. The number of amides is 1. The summed E-state index contributed by atoms with van der Waals surface area (Å²) < 4.78 is 40.3. The van der Waals surface area contributed by atoms with Gasteiger partial charge in [-0.1, -0.05) is 6.07 Å². The van der Waals surface area contributed by atoms with E-state index in [0.29, 0.717) is 49.0 Å². The van der Waals surface area contributed by atoms with E-state index < -0.39 is 11.7 Å². The van der Waals surface area contributed by atoms with Crippen LogP contribution in [0.15, 0.2) is 35.8 Å². The number of nitrogens with zero attached hydrogens (tertiary/aromatic N) is 5. The quantitative estimate of drug-likeness (QED) is 0.590. The fourth-order valence-electron chi connectivity index (χ4n) is 3.43. The minimum Gasteiger partial charge on any atom is -0.355 e. The molecule has 0 spiro atoms. The van der Waals surface area contributed by atoms with Crippen LogP contribution in [0, 0.1) is 4.77 Å². The van der Waals surface area contributed by atoms with Crippen LogP contribution in [0.25, 0.3) is 10.7 Å². The number of hydrogen-bond donors (Lipinski definition) is 1. The van der Waals surface area contributed by atoms with Gasteiger partial charge in [0.05, 0.1) is 10.4 Å². The van der Waals surface area contributed by atoms with E-state index in [1.807, 2.05) is 22.4 Å². The summed E-state index contributed by atoms with van der Waals surface area (Å²) in [4.78, 5) is 21.5. The molecule has 1 amide bonds. The van der Waals surface area contributed by atoms with Gasteiger partial charge in [-0.15, -0.1) is 11.3 Å². The lowest BCUT2D eigenvalue weighted by atomic mass is 10.2. The first-order valence-electron chi connectivity index (χ1n) is 9.58. The average molecular weight is 469 g/mol. The summed E-state index contributed by atoms with van der Waals surface area (Å²) in [6.07, 6.45) is -2.89. The Morgan fingerprint density at radius 2 is 2.03 bits per heavy atom. The van der Waals surface area contributed by atoms with Gasteiger partial charge in [-0.25, -0.2) is 4.98 Å². The Bertz CT molecular complexity index is 1090. The lowest BCUT2D eigenvalue weighted by molar-refractivity contribution is -0.137. The highest BCUT2D eigenvalue weighted by Gasteiger charge is 2.31. The zero-order valence-corrected chi connectivity index (χ0v) is 17.9. The number of alkyl halides is 3. The molecule has 4 rings (SSSR count). The van der Waals surface area contributed by atoms with Crippen molar-refractivity contribution in [1.82, 2.24) is 24.6 Å². The highest BCUT2D eigenvalue weighted by molar-refractivity contribution is 7.71. The number of carbonyl (C=O) groups excluding carboxylic acids is 1. The second kappa shape index (κ2) is 8.79. The lowest BCUT2D eigenvalue weighted by Crippen LogP contribution is -2.37. The highest BCUT2D eigenvalue weighted by Crippen LogP contribution is 2.29. The van der Waals surface area contributed by atoms with Crippen molar-refractivity contribution in [3.63, 3.8) is 0 Å². The number of nitrogens with one attached hydrogen (secondary N) is 1. The lowest BCUT2D eigenvalue weighted by Gasteiger charge is -2.23. The number of pyridine rings is 1. The van der Waals surface area contributed by atoms with Crippen LogP contribution in [0.4, 0.5) is 19.0 Å². The van der Waals surface area contributed by atoms with Crippen LogP contribution in [0.5, 0.6) is 0 Å². The third-order valence-corrected chi connectivity index (χ3v) is 6.22. The molecule has 0 radical (unpaired) electrons. The minimum atomic E-state index is -4.41. The maximum Gasteiger partial charge on any atom is 0.417 e. The van der Waals surface area contributed by atoms with Gasteiger partial charge in [-0.2, -0.15) is 18.3 Å². The molecule has 1 aliphatic rings. The fraction of sp³-hybridized carbons (Fsp3) is 0.368. The number of anilines is 1. The van der Waals surface area contributed by atoms with Crippen LogP contribution in [0.2, 0.25) is 0 Å². The highest BCUT2D eigenvalue weighted by atomic mass is 32.1. The molecule has 4 heterocycles. The monoisotopic (exact) mass is 468 g/mol. The van der Waals surface area contributed by atoms with Gasteiger partial charge in [0.15, 0.2) is 10.6 Å². The SMILES string of the molecule is O=C(Cn1c(-c2cccs2)n[nH]c1=S)N1CCCN(c2ccc(C(F)(F)F)cn2)CC1. The molecule has 12 heteroatoms. The Balaban J connectivity index is 1.42. The molecule has 3 aromatic heterocycles. The van der Waals surface area contributed by atoms with E-state index in [1.165, 1.54) is 17.4 Å². The van der Waals surface area contributed by atoms with Crippen LogP contribution in [0.3, 0.4) is 0 Å². The number of H-pyrrole nitrogens is 1. The van der Waals surface area contributed by atoms with Crippen molar-refractivity contribution in [2.24, 2.45) is 0 Å². The number of rotatable bonds is 4. The Morgan fingerprint density at radius 3 is 2.71 bits per heavy atom. The number of carbonyl (C=O) groups is 1. The van der Waals surface area contributed by atoms with Crippen molar-refractivity contribution in [3.8, 4) is 10.7 Å². The maximum absolute atomic E-state index is 13.0. The predicted octanol–water partition coefficient (Wildman–Crippen LogP) is 3.82. The van der Waals surface area contributed by atoms with Crippen LogP contribution in [0.1, 0.15) is 12.0 Å². The van der Waals surface area contributed by atoms with Gasteiger partial charge in [0.1, 0.15) is 12.4 Å². The van der Waals surface area contributed by atoms with E-state index in [9.17, 15) is 18.0 Å². The molecular weight excluding hydrogens is 449 g/mol. The van der Waals surface area contributed by atoms with Crippen LogP contribution in [-0.4, -0.2) is 56.7 Å². The van der Waals surface area contributed by atoms with Crippen LogP contribution < -0.4 is 4.90 Å². The molecular formula is C19H19F3N6OS2. The van der Waals surface area contributed by atoms with E-state index in [-0.39, 0.29) is 12.5 Å². The first-order valence-corrected chi connectivity index (χ1v) is 10.9. The van der Waals surface area contributed by atoms with Crippen molar-refractivity contribution >= 4 is 35.3 Å². The van der Waals surface area contributed by atoms with Crippen molar-refractivity contribution in [3.05, 3.63) is 46.2 Å². The molecule has 0 bridgehead atoms. The number of halogens is 3. The van der Waals surface area contributed by atoms with E-state index in [0.717, 1.165) is 17.1 Å². The first-order chi connectivity index (χ1) is 14.8. The topological polar surface area (TPSA) is 70.1 Å². The number of thiophene rings is 1. The first kappa shape index (κ1) is 21.5. The molecule has 0 unspecified atom stereocenters. The average Bonchev–Trinajstić information content (AvgIpc) is 3.31. The van der Waals surface area contributed by atoms with E-state index in [2.05, 4.69) is 15.2 Å². The van der Waals surface area contributed by atoms with Gasteiger partial charge in [0.25, 0.3) is 0 Å². The summed E-state index contributed by atoms with van der Waals surface area (Å²) in [7, 11) is 0. The Morgan fingerprint density at radius 1 is 1.19 bits per heavy atom. The van der Waals surface area contributed by atoms with E-state index >= 15 is 0 Å². The molecule has 1 aliphatic heterocycles. The smallest absolute Gasteiger partial charge is 0.355 e. The van der Waals surface area contributed by atoms with Crippen molar-refractivity contribution in [2.75, 3.05) is 31.1 Å². The normalized spacial score (nSPS) is 15.2. The summed E-state index contributed by atoms with van der Waals surface area (Å²) >= 11 is 6.81. The molecule has 0 aliphatic carbocycles. The van der Waals surface area contributed by atoms with E-state index in [4.69, 9.17) is 12.2 Å².